The van der Waals surface area contributed by atoms with Gasteiger partial charge in [-0.25, -0.2) is 8.42 Å². The Hall–Kier alpha value is -1.90. The van der Waals surface area contributed by atoms with Crippen LogP contribution < -0.4 is 4.80 Å². The molecule has 8 heteroatoms. The quantitative estimate of drug-likeness (QED) is 0.612. The van der Waals surface area contributed by atoms with E-state index in [0.29, 0.717) is 4.80 Å². The molecule has 0 saturated heterocycles. The van der Waals surface area contributed by atoms with E-state index in [1.54, 1.807) is 23.9 Å². The second kappa shape index (κ2) is 8.23. The summed E-state index contributed by atoms with van der Waals surface area (Å²) in [5, 5.41) is 0. The predicted molar refractivity (Wildman–Crippen MR) is 117 cm³/mol. The summed E-state index contributed by atoms with van der Waals surface area (Å²) in [6, 6.07) is 10.3. The molecule has 0 N–H and O–H groups in total. The lowest BCUT2D eigenvalue weighted by molar-refractivity contribution is 0.0997. The zero-order valence-electron chi connectivity index (χ0n) is 16.2. The zero-order valence-corrected chi connectivity index (χ0v) is 18.7. The van der Waals surface area contributed by atoms with Crippen LogP contribution in [0.25, 0.3) is 10.2 Å². The number of sulfone groups is 1. The number of aryl methyl sites for hydroxylation is 3. The SMILES string of the molecule is CSCCn1c(=NC(=O)c2cccc(S(C)(=O)=O)c2)sc2c(C)cc(C)cc21. The summed E-state index contributed by atoms with van der Waals surface area (Å²) in [6.45, 7) is 4.87. The Morgan fingerprint density at radius 1 is 1.21 bits per heavy atom. The van der Waals surface area contributed by atoms with Gasteiger partial charge in [-0.15, -0.1) is 0 Å². The Balaban J connectivity index is 2.15. The lowest BCUT2D eigenvalue weighted by Crippen LogP contribution is -2.18. The number of aromatic nitrogens is 1. The molecule has 0 bridgehead atoms. The fraction of sp³-hybridized carbons (Fsp3) is 0.300. The average Bonchev–Trinajstić information content (AvgIpc) is 2.96. The number of rotatable bonds is 5. The first-order valence-electron chi connectivity index (χ1n) is 8.69. The monoisotopic (exact) mass is 434 g/mol. The molecule has 3 rings (SSSR count). The minimum absolute atomic E-state index is 0.117. The van der Waals surface area contributed by atoms with Gasteiger partial charge in [0.25, 0.3) is 5.91 Å². The van der Waals surface area contributed by atoms with Gasteiger partial charge in [-0.3, -0.25) is 4.79 Å². The molecule has 1 aromatic heterocycles. The zero-order chi connectivity index (χ0) is 20.5. The maximum absolute atomic E-state index is 12.8. The van der Waals surface area contributed by atoms with Crippen LogP contribution in [0.1, 0.15) is 21.5 Å². The topological polar surface area (TPSA) is 68.5 Å². The molecule has 0 spiro atoms. The fourth-order valence-electron chi connectivity index (χ4n) is 3.01. The minimum atomic E-state index is -3.38. The van der Waals surface area contributed by atoms with Crippen LogP contribution in [0.15, 0.2) is 46.3 Å². The average molecular weight is 435 g/mol. The standard InChI is InChI=1S/C20H22N2O3S3/c1-13-10-14(2)18-17(11-13)22(8-9-26-3)20(27-18)21-19(23)15-6-5-7-16(12-15)28(4,24)25/h5-7,10-12H,8-9H2,1-4H3. The van der Waals surface area contributed by atoms with Crippen molar-refractivity contribution in [1.29, 1.82) is 0 Å². The van der Waals surface area contributed by atoms with Gasteiger partial charge in [0.2, 0.25) is 0 Å². The number of carbonyl (C=O) groups excluding carboxylic acids is 1. The van der Waals surface area contributed by atoms with Crippen molar-refractivity contribution in [2.75, 3.05) is 18.3 Å². The summed E-state index contributed by atoms with van der Waals surface area (Å²) in [4.78, 5) is 17.9. The third kappa shape index (κ3) is 4.39. The molecule has 0 unspecified atom stereocenters. The first-order valence-corrected chi connectivity index (χ1v) is 12.8. The number of fused-ring (bicyclic) bond motifs is 1. The van der Waals surface area contributed by atoms with Gasteiger partial charge in [-0.05, 0) is 55.5 Å². The Morgan fingerprint density at radius 2 is 1.96 bits per heavy atom. The van der Waals surface area contributed by atoms with Crippen molar-refractivity contribution in [2.24, 2.45) is 4.99 Å². The summed E-state index contributed by atoms with van der Waals surface area (Å²) in [5.74, 6) is 0.466. The van der Waals surface area contributed by atoms with E-state index in [2.05, 4.69) is 35.5 Å². The Labute approximate surface area is 173 Å². The molecule has 0 fully saturated rings. The van der Waals surface area contributed by atoms with Gasteiger partial charge < -0.3 is 4.57 Å². The number of thioether (sulfide) groups is 1. The van der Waals surface area contributed by atoms with Crippen molar-refractivity contribution in [3.05, 3.63) is 57.9 Å². The van der Waals surface area contributed by atoms with Gasteiger partial charge >= 0.3 is 0 Å². The highest BCUT2D eigenvalue weighted by Crippen LogP contribution is 2.24. The van der Waals surface area contributed by atoms with Gasteiger partial charge in [0.05, 0.1) is 15.1 Å². The predicted octanol–water partition coefficient (Wildman–Crippen LogP) is 3.83. The maximum Gasteiger partial charge on any atom is 0.279 e. The number of hydrogen-bond donors (Lipinski definition) is 0. The van der Waals surface area contributed by atoms with Gasteiger partial charge in [0.15, 0.2) is 14.6 Å². The largest absolute Gasteiger partial charge is 0.315 e. The van der Waals surface area contributed by atoms with Crippen LogP contribution >= 0.6 is 23.1 Å². The lowest BCUT2D eigenvalue weighted by Gasteiger charge is -2.05. The first kappa shape index (κ1) is 20.8. The number of nitrogens with zero attached hydrogens (tertiary/aromatic N) is 2. The molecule has 3 aromatic rings. The number of hydrogen-bond acceptors (Lipinski definition) is 5. The van der Waals surface area contributed by atoms with E-state index in [1.165, 1.54) is 29.0 Å². The molecule has 1 amide bonds. The normalized spacial score (nSPS) is 12.6. The lowest BCUT2D eigenvalue weighted by atomic mass is 10.1. The molecule has 2 aromatic carbocycles. The van der Waals surface area contributed by atoms with Crippen molar-refractivity contribution < 1.29 is 13.2 Å². The molecule has 0 aliphatic carbocycles. The molecule has 28 heavy (non-hydrogen) atoms. The molecular weight excluding hydrogens is 412 g/mol. The summed E-state index contributed by atoms with van der Waals surface area (Å²) in [5.41, 5.74) is 3.67. The van der Waals surface area contributed by atoms with Gasteiger partial charge in [0, 0.05) is 24.1 Å². The summed E-state index contributed by atoms with van der Waals surface area (Å²) in [7, 11) is -3.38. The van der Waals surface area contributed by atoms with Crippen LogP contribution in [0.4, 0.5) is 0 Å². The van der Waals surface area contributed by atoms with Crippen LogP contribution in [0.2, 0.25) is 0 Å². The summed E-state index contributed by atoms with van der Waals surface area (Å²) < 4.78 is 26.7. The number of carbonyl (C=O) groups is 1. The van der Waals surface area contributed by atoms with Crippen molar-refractivity contribution in [3.63, 3.8) is 0 Å². The third-order valence-electron chi connectivity index (χ3n) is 4.34. The Bertz CT molecular complexity index is 1220. The van der Waals surface area contributed by atoms with Crippen LogP contribution in [-0.4, -0.2) is 37.2 Å². The molecule has 0 saturated carbocycles. The molecule has 1 heterocycles. The minimum Gasteiger partial charge on any atom is -0.315 e. The van der Waals surface area contributed by atoms with Crippen LogP contribution in [0.3, 0.4) is 0 Å². The third-order valence-corrected chi connectivity index (χ3v) is 7.27. The summed E-state index contributed by atoms with van der Waals surface area (Å²) >= 11 is 3.23. The molecule has 0 aliphatic heterocycles. The number of thiazole rings is 1. The highest BCUT2D eigenvalue weighted by atomic mass is 32.2. The molecule has 0 aliphatic rings. The molecular formula is C20H22N2O3S3. The van der Waals surface area contributed by atoms with Gasteiger partial charge in [-0.1, -0.05) is 23.5 Å². The molecule has 5 nitrogen and oxygen atoms in total. The van der Waals surface area contributed by atoms with Crippen LogP contribution in [0, 0.1) is 13.8 Å². The van der Waals surface area contributed by atoms with Gasteiger partial charge in [0.1, 0.15) is 0 Å². The van der Waals surface area contributed by atoms with E-state index in [9.17, 15) is 13.2 Å². The van der Waals surface area contributed by atoms with Crippen LogP contribution in [0.5, 0.6) is 0 Å². The second-order valence-electron chi connectivity index (χ2n) is 6.68. The van der Waals surface area contributed by atoms with E-state index in [-0.39, 0.29) is 10.5 Å². The summed E-state index contributed by atoms with van der Waals surface area (Å²) in [6.07, 6.45) is 3.17. The van der Waals surface area contributed by atoms with E-state index >= 15 is 0 Å². The highest BCUT2D eigenvalue weighted by molar-refractivity contribution is 7.98. The van der Waals surface area contributed by atoms with E-state index in [4.69, 9.17) is 0 Å². The second-order valence-corrected chi connectivity index (χ2v) is 10.7. The van der Waals surface area contributed by atoms with Crippen LogP contribution in [-0.2, 0) is 16.4 Å². The molecule has 0 atom stereocenters. The first-order chi connectivity index (χ1) is 13.2. The van der Waals surface area contributed by atoms with E-state index in [0.717, 1.165) is 34.3 Å². The molecule has 148 valence electrons. The van der Waals surface area contributed by atoms with Crippen molar-refractivity contribution >= 4 is 49.1 Å². The maximum atomic E-state index is 12.8. The smallest absolute Gasteiger partial charge is 0.279 e. The number of benzene rings is 2. The highest BCUT2D eigenvalue weighted by Gasteiger charge is 2.14. The number of amides is 1. The Kier molecular flexibility index (Phi) is 6.12. The van der Waals surface area contributed by atoms with Crippen molar-refractivity contribution in [2.45, 2.75) is 25.3 Å². The van der Waals surface area contributed by atoms with Gasteiger partial charge in [-0.2, -0.15) is 16.8 Å². The van der Waals surface area contributed by atoms with Crippen molar-refractivity contribution in [1.82, 2.24) is 4.57 Å². The Morgan fingerprint density at radius 3 is 2.64 bits per heavy atom. The van der Waals surface area contributed by atoms with E-state index < -0.39 is 15.7 Å². The van der Waals surface area contributed by atoms with E-state index in [1.807, 2.05) is 6.26 Å². The molecule has 0 radical (unpaired) electrons. The van der Waals surface area contributed by atoms with Crippen molar-refractivity contribution in [3.8, 4) is 0 Å². The fourth-order valence-corrected chi connectivity index (χ4v) is 5.14.